The second kappa shape index (κ2) is 6.47. The lowest BCUT2D eigenvalue weighted by Gasteiger charge is -1.98. The van der Waals surface area contributed by atoms with Gasteiger partial charge in [-0.1, -0.05) is 12.6 Å². The van der Waals surface area contributed by atoms with Gasteiger partial charge in [-0.15, -0.1) is 0 Å². The number of aliphatic carboxylic acids is 1. The molecule has 0 saturated carbocycles. The minimum absolute atomic E-state index is 0.0438. The first kappa shape index (κ1) is 12.0. The summed E-state index contributed by atoms with van der Waals surface area (Å²) in [6.45, 7) is 0. The largest absolute Gasteiger partial charge is 0.481 e. The van der Waals surface area contributed by atoms with E-state index in [9.17, 15) is 14.4 Å². The van der Waals surface area contributed by atoms with Gasteiger partial charge < -0.3 is 5.11 Å². The number of thiol groups is 1. The van der Waals surface area contributed by atoms with E-state index < -0.39 is 17.1 Å². The first-order valence-electron chi connectivity index (χ1n) is 3.77. The molecule has 0 atom stereocenters. The fourth-order valence-electron chi connectivity index (χ4n) is 0.744. The van der Waals surface area contributed by atoms with E-state index in [0.29, 0.717) is 12.8 Å². The van der Waals surface area contributed by atoms with Crippen LogP contribution in [0, 0.1) is 0 Å². The summed E-state index contributed by atoms with van der Waals surface area (Å²) < 4.78 is 0. The number of unbranched alkanes of at least 4 members (excludes halogenated alkanes) is 1. The quantitative estimate of drug-likeness (QED) is 0.458. The van der Waals surface area contributed by atoms with Crippen molar-refractivity contribution in [2.24, 2.45) is 0 Å². The first-order valence-corrected chi connectivity index (χ1v) is 4.21. The van der Waals surface area contributed by atoms with Crippen LogP contribution in [0.1, 0.15) is 25.7 Å². The van der Waals surface area contributed by atoms with E-state index in [1.54, 1.807) is 0 Å². The van der Waals surface area contributed by atoms with Crippen LogP contribution in [0.15, 0.2) is 0 Å². The van der Waals surface area contributed by atoms with Crippen LogP contribution in [0.2, 0.25) is 0 Å². The zero-order valence-corrected chi connectivity index (χ0v) is 7.84. The van der Waals surface area contributed by atoms with Crippen molar-refractivity contribution in [2.45, 2.75) is 25.7 Å². The van der Waals surface area contributed by atoms with Crippen LogP contribution >= 0.6 is 12.6 Å². The molecule has 0 rings (SSSR count). The Morgan fingerprint density at radius 3 is 2.15 bits per heavy atom. The van der Waals surface area contributed by atoms with Gasteiger partial charge in [0, 0.05) is 12.8 Å². The number of imide groups is 1. The fourth-order valence-corrected chi connectivity index (χ4v) is 0.868. The van der Waals surface area contributed by atoms with Gasteiger partial charge in [0.1, 0.15) is 0 Å². The van der Waals surface area contributed by atoms with Gasteiger partial charge in [0.05, 0.1) is 0 Å². The molecule has 0 aromatic heterocycles. The monoisotopic (exact) mass is 205 g/mol. The maximum absolute atomic E-state index is 10.8. The second-order valence-corrected chi connectivity index (χ2v) is 2.86. The van der Waals surface area contributed by atoms with Crippen LogP contribution in [-0.4, -0.2) is 22.2 Å². The summed E-state index contributed by atoms with van der Waals surface area (Å²) in [5.74, 6) is -1.31. The van der Waals surface area contributed by atoms with Crippen molar-refractivity contribution in [1.82, 2.24) is 5.32 Å². The average molecular weight is 205 g/mol. The summed E-state index contributed by atoms with van der Waals surface area (Å²) in [6.07, 6.45) is 1.09. The Hall–Kier alpha value is -1.04. The predicted molar refractivity (Wildman–Crippen MR) is 48.6 cm³/mol. The van der Waals surface area contributed by atoms with Crippen molar-refractivity contribution in [1.29, 1.82) is 0 Å². The lowest BCUT2D eigenvalue weighted by Crippen LogP contribution is -2.25. The number of amides is 2. The predicted octanol–water partition coefficient (Wildman–Crippen LogP) is 0.797. The van der Waals surface area contributed by atoms with Crippen LogP contribution in [0.5, 0.6) is 0 Å². The van der Waals surface area contributed by atoms with Crippen molar-refractivity contribution < 1.29 is 19.5 Å². The maximum Gasteiger partial charge on any atom is 0.303 e. The van der Waals surface area contributed by atoms with Crippen LogP contribution in [0.4, 0.5) is 4.79 Å². The lowest BCUT2D eigenvalue weighted by atomic mass is 10.2. The summed E-state index contributed by atoms with van der Waals surface area (Å²) >= 11 is 3.35. The third kappa shape index (κ3) is 8.87. The standard InChI is InChI=1S/C7H11NO4S/c9-5(8-7(12)13)3-1-2-4-6(10)11/h1-4H2,(H,10,11)(H2,8,9,12,13). The van der Waals surface area contributed by atoms with Crippen LogP contribution in [0.3, 0.4) is 0 Å². The smallest absolute Gasteiger partial charge is 0.303 e. The fraction of sp³-hybridized carbons (Fsp3) is 0.571. The van der Waals surface area contributed by atoms with Crippen LogP contribution in [0.25, 0.3) is 0 Å². The summed E-state index contributed by atoms with van der Waals surface area (Å²) in [6, 6.07) is 0. The molecule has 0 aliphatic heterocycles. The van der Waals surface area contributed by atoms with Gasteiger partial charge in [0.2, 0.25) is 5.91 Å². The number of carbonyl (C=O) groups excluding carboxylic acids is 2. The number of rotatable bonds is 5. The molecule has 2 N–H and O–H groups in total. The van der Waals surface area contributed by atoms with Gasteiger partial charge in [-0.2, -0.15) is 0 Å². The summed E-state index contributed by atoms with van der Waals surface area (Å²) in [4.78, 5) is 31.1. The zero-order chi connectivity index (χ0) is 10.3. The van der Waals surface area contributed by atoms with Gasteiger partial charge in [-0.05, 0) is 12.8 Å². The molecule has 0 aromatic carbocycles. The highest BCUT2D eigenvalue weighted by Crippen LogP contribution is 1.99. The summed E-state index contributed by atoms with van der Waals surface area (Å²) in [5.41, 5.74) is 0. The van der Waals surface area contributed by atoms with E-state index in [2.05, 4.69) is 12.6 Å². The molecule has 0 fully saturated rings. The number of hydrogen-bond acceptors (Lipinski definition) is 3. The van der Waals surface area contributed by atoms with Crippen molar-refractivity contribution in [2.75, 3.05) is 0 Å². The summed E-state index contributed by atoms with van der Waals surface area (Å²) in [7, 11) is 0. The zero-order valence-electron chi connectivity index (χ0n) is 6.95. The molecule has 2 amide bonds. The Morgan fingerprint density at radius 1 is 1.15 bits per heavy atom. The molecule has 74 valence electrons. The third-order valence-corrected chi connectivity index (χ3v) is 1.40. The summed E-state index contributed by atoms with van der Waals surface area (Å²) in [5, 5.41) is 9.54. The van der Waals surface area contributed by atoms with Crippen LogP contribution in [-0.2, 0) is 9.59 Å². The molecule has 0 aliphatic rings. The van der Waals surface area contributed by atoms with E-state index in [-0.39, 0.29) is 12.8 Å². The molecular formula is C7H11NO4S. The normalized spacial score (nSPS) is 9.31. The molecule has 0 unspecified atom stereocenters. The Balaban J connectivity index is 3.37. The minimum atomic E-state index is -0.884. The van der Waals surface area contributed by atoms with Gasteiger partial charge in [0.15, 0.2) is 0 Å². The molecule has 0 aliphatic carbocycles. The number of nitrogens with one attached hydrogen (secondary N) is 1. The Bertz CT molecular complexity index is 217. The topological polar surface area (TPSA) is 83.5 Å². The highest BCUT2D eigenvalue weighted by atomic mass is 32.1. The number of carboxylic acids is 1. The molecule has 0 radical (unpaired) electrons. The first-order chi connectivity index (χ1) is 6.02. The number of carboxylic acid groups (broad SMARTS) is 1. The van der Waals surface area contributed by atoms with E-state index in [0.717, 1.165) is 0 Å². The highest BCUT2D eigenvalue weighted by molar-refractivity contribution is 7.96. The Kier molecular flexibility index (Phi) is 5.96. The van der Waals surface area contributed by atoms with E-state index in [1.165, 1.54) is 0 Å². The van der Waals surface area contributed by atoms with Gasteiger partial charge in [-0.25, -0.2) is 0 Å². The van der Waals surface area contributed by atoms with Crippen molar-refractivity contribution >= 4 is 29.7 Å². The Morgan fingerprint density at radius 2 is 1.69 bits per heavy atom. The van der Waals surface area contributed by atoms with Gasteiger partial charge >= 0.3 is 5.97 Å². The molecule has 0 aromatic rings. The molecule has 5 nitrogen and oxygen atoms in total. The molecule has 0 heterocycles. The molecule has 6 heteroatoms. The molecule has 0 bridgehead atoms. The lowest BCUT2D eigenvalue weighted by molar-refractivity contribution is -0.137. The average Bonchev–Trinajstić information content (AvgIpc) is 1.96. The van der Waals surface area contributed by atoms with E-state index in [4.69, 9.17) is 5.11 Å². The Labute approximate surface area is 80.9 Å². The SMILES string of the molecule is O=C(O)CCCCC(=O)NC(=O)S. The minimum Gasteiger partial charge on any atom is -0.481 e. The maximum atomic E-state index is 10.8. The molecule has 13 heavy (non-hydrogen) atoms. The van der Waals surface area contributed by atoms with Crippen molar-refractivity contribution in [3.8, 4) is 0 Å². The van der Waals surface area contributed by atoms with Crippen molar-refractivity contribution in [3.63, 3.8) is 0 Å². The molecule has 0 saturated heterocycles. The number of hydrogen-bond donors (Lipinski definition) is 3. The van der Waals surface area contributed by atoms with E-state index >= 15 is 0 Å². The molecule has 0 spiro atoms. The van der Waals surface area contributed by atoms with Gasteiger partial charge in [0.25, 0.3) is 5.24 Å². The third-order valence-electron chi connectivity index (χ3n) is 1.29. The van der Waals surface area contributed by atoms with Gasteiger partial charge in [-0.3, -0.25) is 19.7 Å². The number of carbonyl (C=O) groups is 3. The second-order valence-electron chi connectivity index (χ2n) is 2.45. The molecular weight excluding hydrogens is 194 g/mol. The van der Waals surface area contributed by atoms with E-state index in [1.807, 2.05) is 5.32 Å². The highest BCUT2D eigenvalue weighted by Gasteiger charge is 2.04. The van der Waals surface area contributed by atoms with Crippen molar-refractivity contribution in [3.05, 3.63) is 0 Å². The van der Waals surface area contributed by atoms with Crippen LogP contribution < -0.4 is 5.32 Å².